The van der Waals surface area contributed by atoms with Gasteiger partial charge < -0.3 is 16.2 Å². The number of nitrogens with zero attached hydrogens (tertiary/aromatic N) is 1. The van der Waals surface area contributed by atoms with Crippen LogP contribution in [0.15, 0.2) is 15.6 Å². The van der Waals surface area contributed by atoms with Crippen molar-refractivity contribution in [3.63, 3.8) is 0 Å². The van der Waals surface area contributed by atoms with Gasteiger partial charge in [-0.1, -0.05) is 0 Å². The van der Waals surface area contributed by atoms with Crippen LogP contribution >= 0.6 is 15.9 Å². The Labute approximate surface area is 86.2 Å². The van der Waals surface area contributed by atoms with Crippen molar-refractivity contribution in [3.05, 3.63) is 10.6 Å². The zero-order chi connectivity index (χ0) is 9.90. The van der Waals surface area contributed by atoms with E-state index in [0.717, 1.165) is 4.48 Å². The van der Waals surface area contributed by atoms with Crippen molar-refractivity contribution < 1.29 is 4.74 Å². The molecule has 0 aromatic heterocycles. The maximum atomic E-state index is 6.05. The highest BCUT2D eigenvalue weighted by Gasteiger charge is 2.31. The van der Waals surface area contributed by atoms with Gasteiger partial charge in [-0.2, -0.15) is 0 Å². The number of hydrogen-bond acceptors (Lipinski definition) is 4. The van der Waals surface area contributed by atoms with E-state index in [9.17, 15) is 0 Å². The largest absolute Gasteiger partial charge is 0.385 e. The van der Waals surface area contributed by atoms with Crippen LogP contribution in [0.25, 0.3) is 0 Å². The Balaban J connectivity index is 2.70. The molecular weight excluding hydrogens is 234 g/mol. The van der Waals surface area contributed by atoms with Gasteiger partial charge in [0.2, 0.25) is 0 Å². The average molecular weight is 248 g/mol. The summed E-state index contributed by atoms with van der Waals surface area (Å²) in [6.07, 6.45) is 3.83. The molecular formula is C8H14BrN3O. The maximum Gasteiger partial charge on any atom is 0.119 e. The minimum atomic E-state index is -0.594. The van der Waals surface area contributed by atoms with Gasteiger partial charge in [-0.25, -0.2) is 0 Å². The lowest BCUT2D eigenvalue weighted by atomic mass is 9.91. The van der Waals surface area contributed by atoms with E-state index >= 15 is 0 Å². The Morgan fingerprint density at radius 1 is 1.77 bits per heavy atom. The first-order valence-corrected chi connectivity index (χ1v) is 4.83. The first-order chi connectivity index (χ1) is 6.08. The third-order valence-corrected chi connectivity index (χ3v) is 2.49. The van der Waals surface area contributed by atoms with Gasteiger partial charge in [0, 0.05) is 24.4 Å². The van der Waals surface area contributed by atoms with Crippen LogP contribution in [-0.2, 0) is 4.74 Å². The van der Waals surface area contributed by atoms with E-state index in [1.165, 1.54) is 0 Å². The molecule has 13 heavy (non-hydrogen) atoms. The predicted octanol–water partition coefficient (Wildman–Crippen LogP) is 0.368. The molecule has 2 unspecified atom stereocenters. The second-order valence-corrected chi connectivity index (χ2v) is 4.02. The number of halogens is 1. The highest BCUT2D eigenvalue weighted by atomic mass is 79.9. The van der Waals surface area contributed by atoms with Crippen LogP contribution in [0.3, 0.4) is 0 Å². The van der Waals surface area contributed by atoms with Gasteiger partial charge in [-0.05, 0) is 28.4 Å². The predicted molar refractivity (Wildman–Crippen MR) is 56.9 cm³/mol. The van der Waals surface area contributed by atoms with Crippen LogP contribution < -0.4 is 11.5 Å². The summed E-state index contributed by atoms with van der Waals surface area (Å²) in [5.74, 6) is 0. The molecule has 0 aliphatic carbocycles. The summed E-state index contributed by atoms with van der Waals surface area (Å²) in [4.78, 5) is 4.07. The van der Waals surface area contributed by atoms with E-state index in [1.54, 1.807) is 13.3 Å². The van der Waals surface area contributed by atoms with Gasteiger partial charge in [0.05, 0.1) is 5.54 Å². The molecule has 0 radical (unpaired) electrons. The number of hydrogen-bond donors (Lipinski definition) is 2. The molecule has 74 valence electrons. The highest BCUT2D eigenvalue weighted by Crippen LogP contribution is 2.22. The van der Waals surface area contributed by atoms with Crippen molar-refractivity contribution >= 4 is 22.1 Å². The molecule has 4 N–H and O–H groups in total. The van der Waals surface area contributed by atoms with Gasteiger partial charge in [0.15, 0.2) is 0 Å². The van der Waals surface area contributed by atoms with E-state index in [0.29, 0.717) is 13.0 Å². The first-order valence-electron chi connectivity index (χ1n) is 4.03. The molecule has 0 spiro atoms. The second-order valence-electron chi connectivity index (χ2n) is 3.11. The molecule has 0 saturated carbocycles. The Bertz CT molecular complexity index is 242. The molecule has 5 heteroatoms. The number of nitrogens with two attached hydrogens (primary N) is 2. The van der Waals surface area contributed by atoms with Gasteiger partial charge >= 0.3 is 0 Å². The Kier molecular flexibility index (Phi) is 3.61. The van der Waals surface area contributed by atoms with E-state index in [1.807, 2.05) is 6.08 Å². The van der Waals surface area contributed by atoms with Crippen LogP contribution in [0.2, 0.25) is 0 Å². The molecule has 0 bridgehead atoms. The number of ether oxygens (including phenoxy) is 1. The lowest BCUT2D eigenvalue weighted by Gasteiger charge is -2.32. The zero-order valence-electron chi connectivity index (χ0n) is 7.53. The molecule has 1 aliphatic rings. The van der Waals surface area contributed by atoms with Crippen molar-refractivity contribution in [2.24, 2.45) is 16.5 Å². The normalized spacial score (nSPS) is 33.2. The van der Waals surface area contributed by atoms with Crippen molar-refractivity contribution in [2.75, 3.05) is 13.7 Å². The smallest absolute Gasteiger partial charge is 0.119 e. The Morgan fingerprint density at radius 2 is 2.46 bits per heavy atom. The van der Waals surface area contributed by atoms with Crippen molar-refractivity contribution in [1.82, 2.24) is 0 Å². The molecule has 1 rings (SSSR count). The topological polar surface area (TPSA) is 73.6 Å². The number of allylic oxidation sites excluding steroid dienone is 1. The fraction of sp³-hybridized carbons (Fsp3) is 0.625. The highest BCUT2D eigenvalue weighted by molar-refractivity contribution is 9.12. The first kappa shape index (κ1) is 10.8. The molecule has 4 nitrogen and oxygen atoms in total. The van der Waals surface area contributed by atoms with Crippen LogP contribution in [-0.4, -0.2) is 31.6 Å². The van der Waals surface area contributed by atoms with Crippen molar-refractivity contribution in [2.45, 2.75) is 18.1 Å². The minimum Gasteiger partial charge on any atom is -0.385 e. The third-order valence-electron chi connectivity index (χ3n) is 2.05. The number of dihydropyridines is 1. The van der Waals surface area contributed by atoms with Gasteiger partial charge in [-0.3, -0.25) is 4.99 Å². The monoisotopic (exact) mass is 247 g/mol. The molecule has 0 aromatic carbocycles. The molecule has 0 amide bonds. The van der Waals surface area contributed by atoms with Crippen LogP contribution in [0.4, 0.5) is 0 Å². The molecule has 0 saturated heterocycles. The Morgan fingerprint density at radius 3 is 3.08 bits per heavy atom. The summed E-state index contributed by atoms with van der Waals surface area (Å²) in [5.41, 5.74) is 11.2. The van der Waals surface area contributed by atoms with Gasteiger partial charge in [0.1, 0.15) is 6.17 Å². The second kappa shape index (κ2) is 4.32. The van der Waals surface area contributed by atoms with E-state index in [2.05, 4.69) is 20.9 Å². The molecule has 1 heterocycles. The summed E-state index contributed by atoms with van der Waals surface area (Å²) in [6, 6.07) is 0. The van der Waals surface area contributed by atoms with Gasteiger partial charge in [0.25, 0.3) is 0 Å². The molecule has 0 aromatic rings. The number of aliphatic imine (C=N–C) groups is 1. The summed E-state index contributed by atoms with van der Waals surface area (Å²) < 4.78 is 5.83. The SMILES string of the molecule is COCCC1(N)C=C(Br)C=NC1N. The zero-order valence-corrected chi connectivity index (χ0v) is 9.12. The van der Waals surface area contributed by atoms with E-state index in [-0.39, 0.29) is 6.17 Å². The molecule has 0 fully saturated rings. The maximum absolute atomic E-state index is 6.05. The van der Waals surface area contributed by atoms with E-state index < -0.39 is 5.54 Å². The van der Waals surface area contributed by atoms with Crippen LogP contribution in [0.5, 0.6) is 0 Å². The van der Waals surface area contributed by atoms with Crippen molar-refractivity contribution in [1.29, 1.82) is 0 Å². The fourth-order valence-corrected chi connectivity index (χ4v) is 1.71. The molecule has 2 atom stereocenters. The number of methoxy groups -OCH3 is 1. The van der Waals surface area contributed by atoms with Gasteiger partial charge in [-0.15, -0.1) is 0 Å². The van der Waals surface area contributed by atoms with Crippen LogP contribution in [0, 0.1) is 0 Å². The third kappa shape index (κ3) is 2.60. The summed E-state index contributed by atoms with van der Waals surface area (Å²) in [6.45, 7) is 0.580. The summed E-state index contributed by atoms with van der Waals surface area (Å²) in [7, 11) is 1.64. The average Bonchev–Trinajstić information content (AvgIpc) is 2.09. The van der Waals surface area contributed by atoms with E-state index in [4.69, 9.17) is 16.2 Å². The quantitative estimate of drug-likeness (QED) is 0.757. The minimum absolute atomic E-state index is 0.385. The van der Waals surface area contributed by atoms with Crippen molar-refractivity contribution in [3.8, 4) is 0 Å². The lowest BCUT2D eigenvalue weighted by Crippen LogP contribution is -2.54. The lowest BCUT2D eigenvalue weighted by molar-refractivity contribution is 0.171. The Hall–Kier alpha value is -0.230. The van der Waals surface area contributed by atoms with Crippen LogP contribution in [0.1, 0.15) is 6.42 Å². The summed E-state index contributed by atoms with van der Waals surface area (Å²) in [5, 5.41) is 0. The number of rotatable bonds is 3. The summed E-state index contributed by atoms with van der Waals surface area (Å²) >= 11 is 3.32. The molecule has 1 aliphatic heterocycles. The fourth-order valence-electron chi connectivity index (χ4n) is 1.17. The standard InChI is InChI=1S/C8H14BrN3O/c1-13-3-2-8(11)4-6(9)5-12-7(8)10/h4-5,7H,2-3,10-11H2,1H3.